The molecule has 0 bridgehead atoms. The molecule has 6 nitrogen and oxygen atoms in total. The zero-order valence-corrected chi connectivity index (χ0v) is 19.5. The van der Waals surface area contributed by atoms with Crippen molar-refractivity contribution in [1.82, 2.24) is 5.32 Å². The number of hydrogen-bond donors (Lipinski definition) is 2. The molecule has 3 aromatic rings. The maximum atomic E-state index is 12.7. The molecule has 0 aromatic heterocycles. The third-order valence-corrected chi connectivity index (χ3v) is 5.55. The Morgan fingerprint density at radius 1 is 0.909 bits per heavy atom. The second-order valence-corrected chi connectivity index (χ2v) is 8.09. The first-order chi connectivity index (χ1) is 15.8. The maximum absolute atomic E-state index is 12.7. The Kier molecular flexibility index (Phi) is 8.09. The van der Waals surface area contributed by atoms with Gasteiger partial charge >= 0.3 is 5.97 Å². The van der Waals surface area contributed by atoms with Crippen molar-refractivity contribution in [2.45, 2.75) is 19.4 Å². The van der Waals surface area contributed by atoms with E-state index in [9.17, 15) is 14.4 Å². The number of ether oxygens (including phenoxy) is 1. The number of carbonyl (C=O) groups is 3. The summed E-state index contributed by atoms with van der Waals surface area (Å²) < 4.78 is 4.87. The topological polar surface area (TPSA) is 84.5 Å². The van der Waals surface area contributed by atoms with Gasteiger partial charge in [-0.15, -0.1) is 0 Å². The van der Waals surface area contributed by atoms with Gasteiger partial charge in [0.05, 0.1) is 22.7 Å². The fraction of sp³-hybridized carbons (Fsp3) is 0.160. The number of nitrogens with one attached hydrogen (secondary N) is 2. The van der Waals surface area contributed by atoms with E-state index in [2.05, 4.69) is 10.6 Å². The minimum atomic E-state index is -0.938. The SMILES string of the molecule is COC(=O)[C@H](Cc1ccc(-c2ccccc2NC(C)=O)cc1)NC(=O)c1c(Cl)cccc1Cl. The summed E-state index contributed by atoms with van der Waals surface area (Å²) in [5.74, 6) is -1.32. The number of anilines is 1. The van der Waals surface area contributed by atoms with E-state index in [1.54, 1.807) is 18.2 Å². The zero-order valence-electron chi connectivity index (χ0n) is 18.0. The molecule has 8 heteroatoms. The van der Waals surface area contributed by atoms with E-state index in [0.29, 0.717) is 5.69 Å². The van der Waals surface area contributed by atoms with Crippen molar-refractivity contribution < 1.29 is 19.1 Å². The van der Waals surface area contributed by atoms with Crippen LogP contribution in [0.15, 0.2) is 66.7 Å². The average Bonchev–Trinajstić information content (AvgIpc) is 2.78. The summed E-state index contributed by atoms with van der Waals surface area (Å²) in [6.07, 6.45) is 0.202. The monoisotopic (exact) mass is 484 g/mol. The Morgan fingerprint density at radius 2 is 1.55 bits per heavy atom. The molecule has 0 fully saturated rings. The van der Waals surface area contributed by atoms with Crippen molar-refractivity contribution in [2.75, 3.05) is 12.4 Å². The number of hydrogen-bond acceptors (Lipinski definition) is 4. The van der Waals surface area contributed by atoms with Crippen molar-refractivity contribution in [3.05, 3.63) is 87.9 Å². The molecule has 0 unspecified atom stereocenters. The number of esters is 1. The molecule has 0 spiro atoms. The summed E-state index contributed by atoms with van der Waals surface area (Å²) >= 11 is 12.2. The van der Waals surface area contributed by atoms with Gasteiger partial charge in [0.1, 0.15) is 6.04 Å². The molecular formula is C25H22Cl2N2O4. The molecule has 0 radical (unpaired) electrons. The van der Waals surface area contributed by atoms with Crippen LogP contribution in [-0.2, 0) is 20.7 Å². The van der Waals surface area contributed by atoms with E-state index < -0.39 is 17.9 Å². The van der Waals surface area contributed by atoms with Crippen molar-refractivity contribution in [3.8, 4) is 11.1 Å². The van der Waals surface area contributed by atoms with Gasteiger partial charge in [-0.25, -0.2) is 4.79 Å². The van der Waals surface area contributed by atoms with Crippen LogP contribution in [0, 0.1) is 0 Å². The summed E-state index contributed by atoms with van der Waals surface area (Å²) in [5.41, 5.74) is 3.36. The van der Waals surface area contributed by atoms with Crippen molar-refractivity contribution in [3.63, 3.8) is 0 Å². The molecule has 0 aliphatic carbocycles. The largest absolute Gasteiger partial charge is 0.467 e. The van der Waals surface area contributed by atoms with Gasteiger partial charge in [0.25, 0.3) is 5.91 Å². The normalized spacial score (nSPS) is 11.4. The Bertz CT molecular complexity index is 1160. The van der Waals surface area contributed by atoms with Crippen molar-refractivity contribution in [2.24, 2.45) is 0 Å². The van der Waals surface area contributed by atoms with E-state index in [1.165, 1.54) is 14.0 Å². The smallest absolute Gasteiger partial charge is 0.328 e. The van der Waals surface area contributed by atoms with Crippen LogP contribution in [0.3, 0.4) is 0 Å². The molecule has 0 heterocycles. The first-order valence-electron chi connectivity index (χ1n) is 10.1. The lowest BCUT2D eigenvalue weighted by atomic mass is 9.99. The molecule has 0 saturated heterocycles. The predicted molar refractivity (Wildman–Crippen MR) is 130 cm³/mol. The van der Waals surface area contributed by atoms with Gasteiger partial charge < -0.3 is 15.4 Å². The van der Waals surface area contributed by atoms with Crippen LogP contribution in [0.25, 0.3) is 11.1 Å². The first kappa shape index (κ1) is 24.3. The van der Waals surface area contributed by atoms with Gasteiger partial charge in [-0.1, -0.05) is 71.7 Å². The summed E-state index contributed by atoms with van der Waals surface area (Å²) in [6, 6.07) is 18.7. The van der Waals surface area contributed by atoms with Crippen LogP contribution in [0.5, 0.6) is 0 Å². The molecule has 0 aliphatic heterocycles. The number of benzene rings is 3. The van der Waals surface area contributed by atoms with Crippen LogP contribution < -0.4 is 10.6 Å². The number of halogens is 2. The molecule has 33 heavy (non-hydrogen) atoms. The highest BCUT2D eigenvalue weighted by Crippen LogP contribution is 2.28. The van der Waals surface area contributed by atoms with E-state index >= 15 is 0 Å². The van der Waals surface area contributed by atoms with Gasteiger partial charge in [-0.2, -0.15) is 0 Å². The molecule has 0 aliphatic rings. The lowest BCUT2D eigenvalue weighted by Gasteiger charge is -2.18. The van der Waals surface area contributed by atoms with Gasteiger partial charge in [-0.3, -0.25) is 9.59 Å². The fourth-order valence-electron chi connectivity index (χ4n) is 3.37. The summed E-state index contributed by atoms with van der Waals surface area (Å²) in [4.78, 5) is 36.6. The first-order valence-corrected chi connectivity index (χ1v) is 10.8. The highest BCUT2D eigenvalue weighted by molar-refractivity contribution is 6.39. The van der Waals surface area contributed by atoms with Gasteiger partial charge in [0.15, 0.2) is 0 Å². The second-order valence-electron chi connectivity index (χ2n) is 7.27. The summed E-state index contributed by atoms with van der Waals surface area (Å²) in [6.45, 7) is 1.46. The number of methoxy groups -OCH3 is 1. The average molecular weight is 485 g/mol. The molecule has 2 amide bonds. The number of para-hydroxylation sites is 1. The minimum Gasteiger partial charge on any atom is -0.467 e. The molecule has 2 N–H and O–H groups in total. The van der Waals surface area contributed by atoms with E-state index in [1.807, 2.05) is 48.5 Å². The van der Waals surface area contributed by atoms with Crippen LogP contribution >= 0.6 is 23.2 Å². The van der Waals surface area contributed by atoms with Crippen LogP contribution in [0.2, 0.25) is 10.0 Å². The molecule has 3 rings (SSSR count). The quantitative estimate of drug-likeness (QED) is 0.455. The van der Waals surface area contributed by atoms with E-state index in [-0.39, 0.29) is 27.9 Å². The Morgan fingerprint density at radius 3 is 2.15 bits per heavy atom. The summed E-state index contributed by atoms with van der Waals surface area (Å²) in [7, 11) is 1.26. The van der Waals surface area contributed by atoms with Crippen molar-refractivity contribution >= 4 is 46.7 Å². The molecule has 0 saturated carbocycles. The fourth-order valence-corrected chi connectivity index (χ4v) is 3.94. The Hall–Kier alpha value is -3.35. The predicted octanol–water partition coefficient (Wildman–Crippen LogP) is 5.13. The number of rotatable bonds is 7. The van der Waals surface area contributed by atoms with E-state index in [4.69, 9.17) is 27.9 Å². The highest BCUT2D eigenvalue weighted by Gasteiger charge is 2.25. The Balaban J connectivity index is 1.80. The van der Waals surface area contributed by atoms with Crippen molar-refractivity contribution in [1.29, 1.82) is 0 Å². The van der Waals surface area contributed by atoms with Gasteiger partial charge in [0, 0.05) is 24.6 Å². The summed E-state index contributed by atoms with van der Waals surface area (Å²) in [5, 5.41) is 5.85. The molecule has 3 aromatic carbocycles. The lowest BCUT2D eigenvalue weighted by Crippen LogP contribution is -2.43. The molecule has 170 valence electrons. The lowest BCUT2D eigenvalue weighted by molar-refractivity contribution is -0.142. The van der Waals surface area contributed by atoms with Crippen LogP contribution in [0.4, 0.5) is 5.69 Å². The number of carbonyl (C=O) groups excluding carboxylic acids is 3. The zero-order chi connectivity index (χ0) is 24.0. The Labute approximate surface area is 201 Å². The third-order valence-electron chi connectivity index (χ3n) is 4.92. The van der Waals surface area contributed by atoms with E-state index in [0.717, 1.165) is 16.7 Å². The van der Waals surface area contributed by atoms with Crippen LogP contribution in [0.1, 0.15) is 22.8 Å². The second kappa shape index (κ2) is 11.0. The standard InChI is InChI=1S/C25H22Cl2N2O4/c1-15(30)28-21-9-4-3-6-18(21)17-12-10-16(11-13-17)14-22(25(32)33-2)29-24(31)23-19(26)7-5-8-20(23)27/h3-13,22H,14H2,1-2H3,(H,28,30)(H,29,31)/t22-/m0/s1. The maximum Gasteiger partial charge on any atom is 0.328 e. The van der Waals surface area contributed by atoms with Crippen LogP contribution in [-0.4, -0.2) is 30.9 Å². The van der Waals surface area contributed by atoms with Gasteiger partial charge in [0.2, 0.25) is 5.91 Å². The number of amides is 2. The van der Waals surface area contributed by atoms with Gasteiger partial charge in [-0.05, 0) is 29.3 Å². The molecule has 1 atom stereocenters. The minimum absolute atomic E-state index is 0.0969. The highest BCUT2D eigenvalue weighted by atomic mass is 35.5. The third kappa shape index (κ3) is 6.12. The molecular weight excluding hydrogens is 463 g/mol.